The number of piperidine rings is 1. The summed E-state index contributed by atoms with van der Waals surface area (Å²) < 4.78 is 0. The summed E-state index contributed by atoms with van der Waals surface area (Å²) in [6.45, 7) is 1.60. The number of carbonyl (C=O) groups excluding carboxylic acids is 1. The van der Waals surface area contributed by atoms with E-state index in [4.69, 9.17) is 0 Å². The van der Waals surface area contributed by atoms with Gasteiger partial charge < -0.3 is 14.9 Å². The highest BCUT2D eigenvalue weighted by Crippen LogP contribution is 2.46. The molecule has 1 saturated carbocycles. The molecule has 3 aliphatic rings. The smallest absolute Gasteiger partial charge is 0.327 e. The van der Waals surface area contributed by atoms with Crippen molar-refractivity contribution in [3.8, 4) is 0 Å². The van der Waals surface area contributed by atoms with Crippen molar-refractivity contribution in [1.82, 2.24) is 9.80 Å². The fourth-order valence-corrected chi connectivity index (χ4v) is 4.95. The second-order valence-corrected chi connectivity index (χ2v) is 7.30. The predicted molar refractivity (Wildman–Crippen MR) is 77.7 cm³/mol. The molecule has 0 bridgehead atoms. The van der Waals surface area contributed by atoms with E-state index in [0.717, 1.165) is 25.9 Å². The molecule has 1 unspecified atom stereocenters. The van der Waals surface area contributed by atoms with Crippen LogP contribution in [0.15, 0.2) is 0 Å². The Kier molecular flexibility index (Phi) is 3.84. The van der Waals surface area contributed by atoms with Crippen molar-refractivity contribution in [3.05, 3.63) is 0 Å². The van der Waals surface area contributed by atoms with Gasteiger partial charge in [-0.2, -0.15) is 0 Å². The number of amides is 2. The Labute approximate surface area is 123 Å². The molecule has 3 fully saturated rings. The molecular weight excluding hydrogens is 276 g/mol. The van der Waals surface area contributed by atoms with E-state index in [1.165, 1.54) is 42.3 Å². The van der Waals surface area contributed by atoms with Crippen LogP contribution >= 0.6 is 11.8 Å². The number of rotatable bonds is 1. The third-order valence-electron chi connectivity index (χ3n) is 5.17. The quantitative estimate of drug-likeness (QED) is 0.806. The van der Waals surface area contributed by atoms with Crippen LogP contribution in [0.3, 0.4) is 0 Å². The van der Waals surface area contributed by atoms with Gasteiger partial charge in [-0.15, -0.1) is 11.8 Å². The maximum Gasteiger partial charge on any atom is 0.327 e. The van der Waals surface area contributed by atoms with Crippen LogP contribution in [0.1, 0.15) is 38.5 Å². The lowest BCUT2D eigenvalue weighted by molar-refractivity contribution is -0.141. The fraction of sp³-hybridized carbons (Fsp3) is 0.857. The van der Waals surface area contributed by atoms with Crippen molar-refractivity contribution in [1.29, 1.82) is 0 Å². The second-order valence-electron chi connectivity index (χ2n) is 6.30. The summed E-state index contributed by atoms with van der Waals surface area (Å²) in [7, 11) is 0. The SMILES string of the molecule is O=C(O)C1CSCN1C(=O)N1CCC2(CCCC2)CC1. The molecular formula is C14H22N2O3S. The lowest BCUT2D eigenvalue weighted by Gasteiger charge is -2.41. The van der Waals surface area contributed by atoms with Gasteiger partial charge >= 0.3 is 12.0 Å². The molecule has 5 nitrogen and oxygen atoms in total. The molecule has 1 atom stereocenters. The van der Waals surface area contributed by atoms with Crippen LogP contribution in [0.5, 0.6) is 0 Å². The van der Waals surface area contributed by atoms with Crippen molar-refractivity contribution < 1.29 is 14.7 Å². The van der Waals surface area contributed by atoms with Crippen molar-refractivity contribution in [2.45, 2.75) is 44.6 Å². The predicted octanol–water partition coefficient (Wildman–Crippen LogP) is 2.22. The first kappa shape index (κ1) is 14.0. The van der Waals surface area contributed by atoms with E-state index in [-0.39, 0.29) is 6.03 Å². The summed E-state index contributed by atoms with van der Waals surface area (Å²) in [4.78, 5) is 27.1. The van der Waals surface area contributed by atoms with Crippen molar-refractivity contribution in [3.63, 3.8) is 0 Å². The number of nitrogens with zero attached hydrogens (tertiary/aromatic N) is 2. The number of carboxylic acids is 1. The Morgan fingerprint density at radius 1 is 1.10 bits per heavy atom. The molecule has 0 aromatic rings. The minimum atomic E-state index is -0.882. The number of hydrogen-bond donors (Lipinski definition) is 1. The first-order chi connectivity index (χ1) is 9.61. The third-order valence-corrected chi connectivity index (χ3v) is 6.18. The number of aliphatic carboxylic acids is 1. The lowest BCUT2D eigenvalue weighted by atomic mass is 9.77. The molecule has 0 aromatic heterocycles. The molecule has 2 aliphatic heterocycles. The van der Waals surface area contributed by atoms with Gasteiger partial charge in [0.05, 0.1) is 5.88 Å². The summed E-state index contributed by atoms with van der Waals surface area (Å²) in [6, 6.07) is -0.717. The van der Waals surface area contributed by atoms with E-state index < -0.39 is 12.0 Å². The van der Waals surface area contributed by atoms with Gasteiger partial charge in [-0.25, -0.2) is 9.59 Å². The van der Waals surface area contributed by atoms with Crippen LogP contribution in [0, 0.1) is 5.41 Å². The highest BCUT2D eigenvalue weighted by molar-refractivity contribution is 7.99. The number of carboxylic acid groups (broad SMARTS) is 1. The summed E-state index contributed by atoms with van der Waals surface area (Å²) in [5.41, 5.74) is 0.489. The summed E-state index contributed by atoms with van der Waals surface area (Å²) >= 11 is 1.53. The summed E-state index contributed by atoms with van der Waals surface area (Å²) in [5.74, 6) is 0.142. The van der Waals surface area contributed by atoms with Gasteiger partial charge in [0.2, 0.25) is 0 Å². The van der Waals surface area contributed by atoms with Gasteiger partial charge in [0.25, 0.3) is 0 Å². The molecule has 1 spiro atoms. The van der Waals surface area contributed by atoms with Crippen molar-refractivity contribution in [2.75, 3.05) is 24.7 Å². The van der Waals surface area contributed by atoms with Crippen molar-refractivity contribution in [2.24, 2.45) is 5.41 Å². The third kappa shape index (κ3) is 2.50. The standard InChI is InChI=1S/C14H22N2O3S/c17-12(18)11-9-20-10-16(11)13(19)15-7-5-14(6-8-15)3-1-2-4-14/h11H,1-10H2,(H,17,18). The molecule has 2 amide bonds. The van der Waals surface area contributed by atoms with Crippen LogP contribution < -0.4 is 0 Å². The zero-order valence-electron chi connectivity index (χ0n) is 11.7. The van der Waals surface area contributed by atoms with Crippen LogP contribution in [0.4, 0.5) is 4.79 Å². The van der Waals surface area contributed by atoms with Crippen molar-refractivity contribution >= 4 is 23.8 Å². The maximum absolute atomic E-state index is 12.5. The van der Waals surface area contributed by atoms with E-state index in [0.29, 0.717) is 17.0 Å². The maximum atomic E-state index is 12.5. The Morgan fingerprint density at radius 3 is 2.35 bits per heavy atom. The highest BCUT2D eigenvalue weighted by atomic mass is 32.2. The van der Waals surface area contributed by atoms with Crippen LogP contribution in [0.2, 0.25) is 0 Å². The van der Waals surface area contributed by atoms with E-state index in [1.54, 1.807) is 0 Å². The number of thioether (sulfide) groups is 1. The number of hydrogen-bond acceptors (Lipinski definition) is 3. The highest BCUT2D eigenvalue weighted by Gasteiger charge is 2.41. The van der Waals surface area contributed by atoms with Gasteiger partial charge in [-0.3, -0.25) is 0 Å². The lowest BCUT2D eigenvalue weighted by Crippen LogP contribution is -2.52. The first-order valence-electron chi connectivity index (χ1n) is 7.47. The molecule has 6 heteroatoms. The van der Waals surface area contributed by atoms with Crippen LogP contribution in [0.25, 0.3) is 0 Å². The fourth-order valence-electron chi connectivity index (χ4n) is 3.81. The molecule has 0 aromatic carbocycles. The van der Waals surface area contributed by atoms with Gasteiger partial charge in [-0.1, -0.05) is 12.8 Å². The number of urea groups is 1. The second kappa shape index (κ2) is 5.47. The van der Waals surface area contributed by atoms with Gasteiger partial charge in [0, 0.05) is 18.8 Å². The molecule has 1 N–H and O–H groups in total. The first-order valence-corrected chi connectivity index (χ1v) is 8.63. The summed E-state index contributed by atoms with van der Waals surface area (Å²) in [6.07, 6.45) is 7.48. The van der Waals surface area contributed by atoms with E-state index in [2.05, 4.69) is 0 Å². The Hall–Kier alpha value is -0.910. The Balaban J connectivity index is 1.60. The number of carbonyl (C=O) groups is 2. The molecule has 1 aliphatic carbocycles. The molecule has 2 heterocycles. The Bertz CT molecular complexity index is 399. The van der Waals surface area contributed by atoms with E-state index in [1.807, 2.05) is 4.90 Å². The monoisotopic (exact) mass is 298 g/mol. The van der Waals surface area contributed by atoms with Crippen LogP contribution in [-0.2, 0) is 4.79 Å². The van der Waals surface area contributed by atoms with Gasteiger partial charge in [0.1, 0.15) is 6.04 Å². The van der Waals surface area contributed by atoms with Crippen LogP contribution in [-0.4, -0.2) is 57.7 Å². The minimum absolute atomic E-state index is 0.0738. The van der Waals surface area contributed by atoms with E-state index >= 15 is 0 Å². The molecule has 2 saturated heterocycles. The average molecular weight is 298 g/mol. The molecule has 3 rings (SSSR count). The topological polar surface area (TPSA) is 60.9 Å². The molecule has 0 radical (unpaired) electrons. The average Bonchev–Trinajstić information content (AvgIpc) is 3.08. The Morgan fingerprint density at radius 2 is 1.75 bits per heavy atom. The van der Waals surface area contributed by atoms with E-state index in [9.17, 15) is 14.7 Å². The zero-order chi connectivity index (χ0) is 14.2. The minimum Gasteiger partial charge on any atom is -0.480 e. The van der Waals surface area contributed by atoms with Gasteiger partial charge in [-0.05, 0) is 31.1 Å². The zero-order valence-corrected chi connectivity index (χ0v) is 12.5. The largest absolute Gasteiger partial charge is 0.480 e. The summed E-state index contributed by atoms with van der Waals surface area (Å²) in [5, 5.41) is 9.17. The number of likely N-dealkylation sites (tertiary alicyclic amines) is 1. The normalized spacial score (nSPS) is 29.1. The van der Waals surface area contributed by atoms with Gasteiger partial charge in [0.15, 0.2) is 0 Å². The molecule has 112 valence electrons. The molecule has 20 heavy (non-hydrogen) atoms.